The van der Waals surface area contributed by atoms with Gasteiger partial charge in [-0.05, 0) is 56.3 Å². The van der Waals surface area contributed by atoms with E-state index in [-0.39, 0.29) is 18.2 Å². The van der Waals surface area contributed by atoms with Gasteiger partial charge in [0.1, 0.15) is 16.5 Å². The standard InChI is InChI=1S/C23H33F3N6O2S/c1-14(2)8-9-17-19(31-22(27)32-21(17)35)30-18(7-4-10-28-11-12-33)20(34)29-16-6-3-5-15(13-16)23(24,25)26/h3,5-6,13-14,18,28,33H,4,7-12H2,1-2H3,(H,29,34)(H4,27,30,31,32,35)/t18-/m0/s1. The molecule has 1 aromatic carbocycles. The maximum absolute atomic E-state index is 13.1. The quantitative estimate of drug-likeness (QED) is 0.175. The van der Waals surface area contributed by atoms with Gasteiger partial charge in [0, 0.05) is 17.8 Å². The van der Waals surface area contributed by atoms with E-state index in [4.69, 9.17) is 23.1 Å². The number of aliphatic hydroxyl groups excluding tert-OH is 1. The van der Waals surface area contributed by atoms with E-state index < -0.39 is 23.7 Å². The molecule has 0 radical (unpaired) electrons. The van der Waals surface area contributed by atoms with Gasteiger partial charge in [0.2, 0.25) is 5.91 Å². The Hall–Kier alpha value is -2.70. The van der Waals surface area contributed by atoms with Crippen LogP contribution in [-0.2, 0) is 17.4 Å². The molecule has 0 bridgehead atoms. The molecule has 1 atom stereocenters. The van der Waals surface area contributed by atoms with E-state index in [0.717, 1.165) is 24.1 Å². The number of nitrogens with one attached hydrogen (secondary N) is 4. The van der Waals surface area contributed by atoms with Crippen LogP contribution in [0.1, 0.15) is 44.2 Å². The molecule has 1 aromatic heterocycles. The Labute approximate surface area is 207 Å². The number of anilines is 3. The molecule has 194 valence electrons. The molecule has 0 saturated heterocycles. The number of alkyl halides is 3. The molecule has 8 nitrogen and oxygen atoms in total. The molecular formula is C23H33F3N6O2S. The van der Waals surface area contributed by atoms with Gasteiger partial charge in [0.05, 0.1) is 12.2 Å². The first-order chi connectivity index (χ1) is 16.5. The van der Waals surface area contributed by atoms with Crippen LogP contribution in [0.3, 0.4) is 0 Å². The summed E-state index contributed by atoms with van der Waals surface area (Å²) in [7, 11) is 0. The topological polar surface area (TPSA) is 128 Å². The highest BCUT2D eigenvalue weighted by atomic mass is 32.1. The SMILES string of the molecule is CC(C)CCc1c(N[C@@H](CCCNCCO)C(=O)Nc2cccc(C(F)(F)F)c2)[nH]c(N)nc1=S. The Morgan fingerprint density at radius 3 is 2.66 bits per heavy atom. The van der Waals surface area contributed by atoms with Gasteiger partial charge in [-0.15, -0.1) is 0 Å². The molecule has 0 fully saturated rings. The Balaban J connectivity index is 2.27. The summed E-state index contributed by atoms with van der Waals surface area (Å²) in [6, 6.07) is 3.68. The number of aromatic amines is 1. The molecule has 0 aliphatic carbocycles. The minimum absolute atomic E-state index is 0.0101. The number of halogens is 3. The minimum atomic E-state index is -4.52. The van der Waals surface area contributed by atoms with Crippen LogP contribution in [-0.4, -0.2) is 46.7 Å². The fourth-order valence-corrected chi connectivity index (χ4v) is 3.69. The number of amides is 1. The van der Waals surface area contributed by atoms with E-state index in [1.807, 2.05) is 0 Å². The summed E-state index contributed by atoms with van der Waals surface area (Å²) in [6.07, 6.45) is -2.15. The molecule has 2 rings (SSSR count). The molecule has 35 heavy (non-hydrogen) atoms. The third-order valence-electron chi connectivity index (χ3n) is 5.23. The fraction of sp³-hybridized carbons (Fsp3) is 0.522. The second kappa shape index (κ2) is 13.4. The average molecular weight is 515 g/mol. The first kappa shape index (κ1) is 28.5. The molecule has 0 unspecified atom stereocenters. The maximum atomic E-state index is 13.1. The Morgan fingerprint density at radius 1 is 1.26 bits per heavy atom. The summed E-state index contributed by atoms with van der Waals surface area (Å²) in [5, 5.41) is 17.7. The zero-order valence-corrected chi connectivity index (χ0v) is 20.7. The van der Waals surface area contributed by atoms with Gasteiger partial charge in [0.15, 0.2) is 5.95 Å². The largest absolute Gasteiger partial charge is 0.416 e. The molecular weight excluding hydrogens is 481 g/mol. The van der Waals surface area contributed by atoms with E-state index >= 15 is 0 Å². The van der Waals surface area contributed by atoms with E-state index in [2.05, 4.69) is 39.8 Å². The van der Waals surface area contributed by atoms with Crippen molar-refractivity contribution in [2.45, 2.75) is 51.7 Å². The minimum Gasteiger partial charge on any atom is -0.395 e. The first-order valence-electron chi connectivity index (χ1n) is 11.5. The van der Waals surface area contributed by atoms with Crippen LogP contribution in [0.2, 0.25) is 0 Å². The number of nitrogen functional groups attached to an aromatic ring is 1. The average Bonchev–Trinajstić information content (AvgIpc) is 2.76. The number of nitrogens with two attached hydrogens (primary N) is 1. The van der Waals surface area contributed by atoms with Crippen LogP contribution in [0.4, 0.5) is 30.6 Å². The number of benzene rings is 1. The van der Waals surface area contributed by atoms with Crippen molar-refractivity contribution in [2.75, 3.05) is 36.1 Å². The predicted octanol–water partition coefficient (Wildman–Crippen LogP) is 4.11. The summed E-state index contributed by atoms with van der Waals surface area (Å²) in [6.45, 7) is 5.11. The molecule has 1 heterocycles. The summed E-state index contributed by atoms with van der Waals surface area (Å²) in [5.74, 6) is 0.464. The highest BCUT2D eigenvalue weighted by Gasteiger charge is 2.30. The molecule has 7 N–H and O–H groups in total. The van der Waals surface area contributed by atoms with Crippen molar-refractivity contribution in [3.8, 4) is 0 Å². The first-order valence-corrected chi connectivity index (χ1v) is 11.9. The van der Waals surface area contributed by atoms with Crippen LogP contribution >= 0.6 is 12.2 Å². The summed E-state index contributed by atoms with van der Waals surface area (Å²) in [4.78, 5) is 20.2. The van der Waals surface area contributed by atoms with Gasteiger partial charge in [0.25, 0.3) is 0 Å². The molecule has 12 heteroatoms. The van der Waals surface area contributed by atoms with Crippen molar-refractivity contribution < 1.29 is 23.1 Å². The Kier molecular flexibility index (Phi) is 10.9. The van der Waals surface area contributed by atoms with Gasteiger partial charge in [-0.3, -0.25) is 4.79 Å². The number of hydrogen-bond donors (Lipinski definition) is 6. The highest BCUT2D eigenvalue weighted by Crippen LogP contribution is 2.31. The van der Waals surface area contributed by atoms with Crippen molar-refractivity contribution in [2.24, 2.45) is 5.92 Å². The zero-order chi connectivity index (χ0) is 26.0. The third kappa shape index (κ3) is 9.46. The van der Waals surface area contributed by atoms with E-state index in [0.29, 0.717) is 48.7 Å². The van der Waals surface area contributed by atoms with Crippen LogP contribution < -0.4 is 21.7 Å². The lowest BCUT2D eigenvalue weighted by Crippen LogP contribution is -2.36. The number of H-pyrrole nitrogens is 1. The van der Waals surface area contributed by atoms with Gasteiger partial charge in [-0.2, -0.15) is 13.2 Å². The third-order valence-corrected chi connectivity index (χ3v) is 5.57. The van der Waals surface area contributed by atoms with Crippen molar-refractivity contribution in [1.29, 1.82) is 0 Å². The van der Waals surface area contributed by atoms with Gasteiger partial charge in [-0.1, -0.05) is 32.1 Å². The predicted molar refractivity (Wildman–Crippen MR) is 134 cm³/mol. The number of carbonyl (C=O) groups excluding carboxylic acids is 1. The smallest absolute Gasteiger partial charge is 0.395 e. The van der Waals surface area contributed by atoms with Gasteiger partial charge in [-0.25, -0.2) is 4.98 Å². The molecule has 0 spiro atoms. The molecule has 0 aliphatic rings. The lowest BCUT2D eigenvalue weighted by molar-refractivity contribution is -0.137. The molecule has 1 amide bonds. The normalized spacial score (nSPS) is 12.5. The zero-order valence-electron chi connectivity index (χ0n) is 19.8. The van der Waals surface area contributed by atoms with Crippen LogP contribution in [0.5, 0.6) is 0 Å². The monoisotopic (exact) mass is 514 g/mol. The lowest BCUT2D eigenvalue weighted by Gasteiger charge is -2.22. The van der Waals surface area contributed by atoms with Crippen molar-refractivity contribution >= 4 is 35.6 Å². The highest BCUT2D eigenvalue weighted by molar-refractivity contribution is 7.71. The van der Waals surface area contributed by atoms with Crippen molar-refractivity contribution in [3.63, 3.8) is 0 Å². The second-order valence-corrected chi connectivity index (χ2v) is 8.98. The van der Waals surface area contributed by atoms with E-state index in [1.54, 1.807) is 0 Å². The maximum Gasteiger partial charge on any atom is 0.416 e. The number of aromatic nitrogens is 2. The summed E-state index contributed by atoms with van der Waals surface area (Å²) < 4.78 is 39.6. The van der Waals surface area contributed by atoms with Crippen LogP contribution in [0.25, 0.3) is 0 Å². The number of aliphatic hydroxyl groups is 1. The number of carbonyl (C=O) groups is 1. The molecule has 0 aliphatic heterocycles. The van der Waals surface area contributed by atoms with Crippen LogP contribution in [0.15, 0.2) is 24.3 Å². The van der Waals surface area contributed by atoms with Crippen molar-refractivity contribution in [3.05, 3.63) is 40.0 Å². The second-order valence-electron chi connectivity index (χ2n) is 8.59. The fourth-order valence-electron chi connectivity index (χ4n) is 3.38. The van der Waals surface area contributed by atoms with Crippen LogP contribution in [0, 0.1) is 10.6 Å². The van der Waals surface area contributed by atoms with Gasteiger partial charge >= 0.3 is 6.18 Å². The summed E-state index contributed by atoms with van der Waals surface area (Å²) in [5.41, 5.74) is 5.77. The van der Waals surface area contributed by atoms with E-state index in [1.165, 1.54) is 12.1 Å². The molecule has 2 aromatic rings. The van der Waals surface area contributed by atoms with Gasteiger partial charge < -0.3 is 31.8 Å². The number of nitrogens with zero attached hydrogens (tertiary/aromatic N) is 1. The van der Waals surface area contributed by atoms with E-state index in [9.17, 15) is 18.0 Å². The lowest BCUT2D eigenvalue weighted by atomic mass is 10.0. The number of rotatable bonds is 13. The summed E-state index contributed by atoms with van der Waals surface area (Å²) >= 11 is 5.40. The number of hydrogen-bond acceptors (Lipinski definition) is 7. The van der Waals surface area contributed by atoms with Crippen molar-refractivity contribution in [1.82, 2.24) is 15.3 Å². The molecule has 0 saturated carbocycles. The Bertz CT molecular complexity index is 1030. The Morgan fingerprint density at radius 2 is 2.00 bits per heavy atom.